The first-order valence-corrected chi connectivity index (χ1v) is 8.76. The van der Waals surface area contributed by atoms with E-state index >= 15 is 0 Å². The zero-order valence-electron chi connectivity index (χ0n) is 15.6. The maximum Gasteiger partial charge on any atom is 0.329 e. The highest BCUT2D eigenvalue weighted by Gasteiger charge is 2.25. The molecule has 0 atom stereocenters. The highest BCUT2D eigenvalue weighted by atomic mass is 16.6. The molecular weight excluding hydrogens is 382 g/mol. The van der Waals surface area contributed by atoms with E-state index in [0.29, 0.717) is 24.1 Å². The van der Waals surface area contributed by atoms with E-state index < -0.39 is 27.1 Å². The molecule has 0 fully saturated rings. The number of nitro benzene ring substituents is 2. The number of carbonyl (C=O) groups excluding carboxylic acids is 1. The molecule has 0 aliphatic carbocycles. The van der Waals surface area contributed by atoms with E-state index in [1.165, 1.54) is 45.5 Å². The van der Waals surface area contributed by atoms with Gasteiger partial charge in [0.25, 0.3) is 17.3 Å². The summed E-state index contributed by atoms with van der Waals surface area (Å²) >= 11 is 0. The summed E-state index contributed by atoms with van der Waals surface area (Å²) in [5, 5.41) is 25.1. The molecule has 0 aliphatic heterocycles. The fraction of sp³-hybridized carbons (Fsp3) is 0.222. The molecule has 1 aromatic heterocycles. The predicted octanol–water partition coefficient (Wildman–Crippen LogP) is 2.91. The Morgan fingerprint density at radius 1 is 0.966 bits per heavy atom. The second-order valence-corrected chi connectivity index (χ2v) is 6.11. The third kappa shape index (κ3) is 3.33. The van der Waals surface area contributed by atoms with Crippen molar-refractivity contribution >= 4 is 34.0 Å². The van der Waals surface area contributed by atoms with Gasteiger partial charge in [0.1, 0.15) is 11.3 Å². The van der Waals surface area contributed by atoms with Gasteiger partial charge in [-0.2, -0.15) is 0 Å². The fourth-order valence-corrected chi connectivity index (χ4v) is 3.23. The number of anilines is 1. The SMILES string of the molecule is CCn1c(=O)n(CC)c2cc([N+](=O)[O-])c(NC(=O)c3ccccc3[N+](=O)[O-])cc21. The maximum absolute atomic E-state index is 12.6. The van der Waals surface area contributed by atoms with Crippen LogP contribution in [0.25, 0.3) is 11.0 Å². The van der Waals surface area contributed by atoms with Crippen molar-refractivity contribution < 1.29 is 14.6 Å². The molecular formula is C18H17N5O6. The second kappa shape index (κ2) is 7.54. The topological polar surface area (TPSA) is 142 Å². The van der Waals surface area contributed by atoms with Crippen LogP contribution in [0.4, 0.5) is 17.1 Å². The van der Waals surface area contributed by atoms with Crippen molar-refractivity contribution in [3.63, 3.8) is 0 Å². The lowest BCUT2D eigenvalue weighted by atomic mass is 10.1. The Kier molecular flexibility index (Phi) is 5.13. The van der Waals surface area contributed by atoms with Crippen molar-refractivity contribution in [2.45, 2.75) is 26.9 Å². The number of nitrogens with one attached hydrogen (secondary N) is 1. The summed E-state index contributed by atoms with van der Waals surface area (Å²) in [5.41, 5.74) is -0.748. The summed E-state index contributed by atoms with van der Waals surface area (Å²) in [6.07, 6.45) is 0. The first-order valence-electron chi connectivity index (χ1n) is 8.76. The highest BCUT2D eigenvalue weighted by Crippen LogP contribution is 2.31. The van der Waals surface area contributed by atoms with Gasteiger partial charge in [-0.15, -0.1) is 0 Å². The van der Waals surface area contributed by atoms with Gasteiger partial charge in [0.2, 0.25) is 0 Å². The number of fused-ring (bicyclic) bond motifs is 1. The summed E-state index contributed by atoms with van der Waals surface area (Å²) in [6.45, 7) is 4.16. The summed E-state index contributed by atoms with van der Waals surface area (Å²) < 4.78 is 2.84. The second-order valence-electron chi connectivity index (χ2n) is 6.11. The van der Waals surface area contributed by atoms with Crippen molar-refractivity contribution in [2.24, 2.45) is 0 Å². The van der Waals surface area contributed by atoms with E-state index in [1.54, 1.807) is 13.8 Å². The number of nitrogens with zero attached hydrogens (tertiary/aromatic N) is 4. The zero-order valence-corrected chi connectivity index (χ0v) is 15.6. The van der Waals surface area contributed by atoms with Gasteiger partial charge in [-0.25, -0.2) is 4.79 Å². The lowest BCUT2D eigenvalue weighted by Gasteiger charge is -2.08. The van der Waals surface area contributed by atoms with Gasteiger partial charge in [0.15, 0.2) is 0 Å². The molecule has 0 saturated carbocycles. The quantitative estimate of drug-likeness (QED) is 0.499. The molecule has 29 heavy (non-hydrogen) atoms. The smallest absolute Gasteiger partial charge is 0.316 e. The molecule has 3 aromatic rings. The molecule has 0 bridgehead atoms. The highest BCUT2D eigenvalue weighted by molar-refractivity contribution is 6.09. The van der Waals surface area contributed by atoms with Crippen LogP contribution in [-0.2, 0) is 13.1 Å². The summed E-state index contributed by atoms with van der Waals surface area (Å²) in [4.78, 5) is 46.5. The van der Waals surface area contributed by atoms with Crippen LogP contribution < -0.4 is 11.0 Å². The number of nitro groups is 2. The molecule has 2 aromatic carbocycles. The average Bonchev–Trinajstić information content (AvgIpc) is 2.96. The molecule has 11 nitrogen and oxygen atoms in total. The van der Waals surface area contributed by atoms with Crippen LogP contribution in [0.3, 0.4) is 0 Å². The van der Waals surface area contributed by atoms with Gasteiger partial charge < -0.3 is 5.32 Å². The minimum Gasteiger partial charge on any atom is -0.316 e. The van der Waals surface area contributed by atoms with E-state index in [2.05, 4.69) is 5.32 Å². The Hall–Kier alpha value is -4.02. The summed E-state index contributed by atoms with van der Waals surface area (Å²) in [5.74, 6) is -0.861. The van der Waals surface area contributed by atoms with Crippen molar-refractivity contribution in [2.75, 3.05) is 5.32 Å². The molecule has 0 saturated heterocycles. The van der Waals surface area contributed by atoms with Gasteiger partial charge in [-0.05, 0) is 26.0 Å². The fourth-order valence-electron chi connectivity index (χ4n) is 3.23. The molecule has 0 unspecified atom stereocenters. The number of carbonyl (C=O) groups is 1. The Balaban J connectivity index is 2.18. The molecule has 150 valence electrons. The normalized spacial score (nSPS) is 10.8. The Bertz CT molecular complexity index is 1210. The van der Waals surface area contributed by atoms with Crippen molar-refractivity contribution in [3.8, 4) is 0 Å². The van der Waals surface area contributed by atoms with Gasteiger partial charge in [0, 0.05) is 25.2 Å². The number of aryl methyl sites for hydroxylation is 2. The first-order chi connectivity index (χ1) is 13.8. The number of imidazole rings is 1. The minimum atomic E-state index is -0.861. The maximum atomic E-state index is 12.6. The van der Waals surface area contributed by atoms with Gasteiger partial charge in [0.05, 0.1) is 20.9 Å². The number of hydrogen-bond donors (Lipinski definition) is 1. The number of amides is 1. The first kappa shape index (κ1) is 19.7. The summed E-state index contributed by atoms with van der Waals surface area (Å²) in [6, 6.07) is 7.86. The number of hydrogen-bond acceptors (Lipinski definition) is 6. The van der Waals surface area contributed by atoms with Crippen LogP contribution >= 0.6 is 0 Å². The largest absolute Gasteiger partial charge is 0.329 e. The summed E-state index contributed by atoms with van der Waals surface area (Å²) in [7, 11) is 0. The van der Waals surface area contributed by atoms with E-state index in [4.69, 9.17) is 0 Å². The third-order valence-corrected chi connectivity index (χ3v) is 4.56. The Morgan fingerprint density at radius 3 is 2.07 bits per heavy atom. The van der Waals surface area contributed by atoms with Gasteiger partial charge in [-0.1, -0.05) is 12.1 Å². The molecule has 0 aliphatic rings. The average molecular weight is 399 g/mol. The van der Waals surface area contributed by atoms with E-state index in [-0.39, 0.29) is 16.9 Å². The van der Waals surface area contributed by atoms with Crippen LogP contribution in [0, 0.1) is 20.2 Å². The third-order valence-electron chi connectivity index (χ3n) is 4.56. The van der Waals surface area contributed by atoms with E-state index in [9.17, 15) is 29.8 Å². The van der Waals surface area contributed by atoms with Gasteiger partial charge >= 0.3 is 5.69 Å². The van der Waals surface area contributed by atoms with Crippen molar-refractivity contribution in [3.05, 3.63) is 72.7 Å². The molecule has 3 rings (SSSR count). The van der Waals surface area contributed by atoms with Crippen molar-refractivity contribution in [1.82, 2.24) is 9.13 Å². The van der Waals surface area contributed by atoms with E-state index in [1.807, 2.05) is 0 Å². The zero-order chi connectivity index (χ0) is 21.3. The molecule has 1 amide bonds. The predicted molar refractivity (Wildman–Crippen MR) is 105 cm³/mol. The molecule has 0 radical (unpaired) electrons. The molecule has 0 spiro atoms. The number of para-hydroxylation sites is 1. The molecule has 1 heterocycles. The van der Waals surface area contributed by atoms with Crippen molar-refractivity contribution in [1.29, 1.82) is 0 Å². The lowest BCUT2D eigenvalue weighted by Crippen LogP contribution is -2.23. The Morgan fingerprint density at radius 2 is 1.52 bits per heavy atom. The number of aromatic nitrogens is 2. The van der Waals surface area contributed by atoms with Gasteiger partial charge in [-0.3, -0.25) is 34.2 Å². The number of benzene rings is 2. The van der Waals surface area contributed by atoms with Crippen LogP contribution in [0.2, 0.25) is 0 Å². The monoisotopic (exact) mass is 399 g/mol. The van der Waals surface area contributed by atoms with Crippen LogP contribution in [0.5, 0.6) is 0 Å². The number of rotatable bonds is 6. The molecule has 11 heteroatoms. The standard InChI is InChI=1S/C18H17N5O6/c1-3-20-15-9-12(14(23(28)29)10-16(15)21(4-2)18(20)25)19-17(24)11-7-5-6-8-13(11)22(26)27/h5-10H,3-4H2,1-2H3,(H,19,24). The van der Waals surface area contributed by atoms with Crippen LogP contribution in [0.15, 0.2) is 41.2 Å². The lowest BCUT2D eigenvalue weighted by molar-refractivity contribution is -0.385. The molecule has 1 N–H and O–H groups in total. The minimum absolute atomic E-state index is 0.152. The van der Waals surface area contributed by atoms with Crippen LogP contribution in [0.1, 0.15) is 24.2 Å². The van der Waals surface area contributed by atoms with E-state index in [0.717, 1.165) is 0 Å². The van der Waals surface area contributed by atoms with Crippen LogP contribution in [-0.4, -0.2) is 24.9 Å². The Labute approximate surface area is 163 Å².